The van der Waals surface area contributed by atoms with E-state index in [-0.39, 0.29) is 5.91 Å². The Bertz CT molecular complexity index is 933. The van der Waals surface area contributed by atoms with Crippen molar-refractivity contribution in [2.75, 3.05) is 19.5 Å². The third-order valence-electron chi connectivity index (χ3n) is 3.87. The van der Waals surface area contributed by atoms with Crippen LogP contribution in [0.5, 0.6) is 11.5 Å². The third kappa shape index (κ3) is 4.94. The van der Waals surface area contributed by atoms with Gasteiger partial charge in [-0.15, -0.1) is 11.3 Å². The number of nitrogens with one attached hydrogen (secondary N) is 2. The number of hydrogen-bond acceptors (Lipinski definition) is 5. The number of rotatable bonds is 7. The maximum atomic E-state index is 12.2. The lowest BCUT2D eigenvalue weighted by Crippen LogP contribution is -2.11. The number of aromatic nitrogens is 2. The smallest absolute Gasteiger partial charge is 0.259 e. The van der Waals surface area contributed by atoms with Gasteiger partial charge in [-0.2, -0.15) is 5.10 Å². The minimum atomic E-state index is -0.348. The van der Waals surface area contributed by atoms with Gasteiger partial charge in [-0.3, -0.25) is 9.89 Å². The number of aromatic amines is 1. The molecule has 1 aromatic carbocycles. The number of H-pyrrole nitrogens is 1. The normalized spacial score (nSPS) is 10.7. The molecular formula is C18H17Cl2N3O3S. The Balaban J connectivity index is 1.63. The molecule has 142 valence electrons. The number of carbonyl (C=O) groups excluding carboxylic acids is 1. The van der Waals surface area contributed by atoms with Crippen molar-refractivity contribution in [2.24, 2.45) is 0 Å². The summed E-state index contributed by atoms with van der Waals surface area (Å²) in [5.74, 6) is 1.57. The second-order valence-corrected chi connectivity index (χ2v) is 7.98. The Kier molecular flexibility index (Phi) is 6.26. The molecule has 0 bridgehead atoms. The first-order valence-corrected chi connectivity index (χ1v) is 9.58. The summed E-state index contributed by atoms with van der Waals surface area (Å²) in [5, 5.41) is 9.75. The summed E-state index contributed by atoms with van der Waals surface area (Å²) in [4.78, 5) is 12.2. The predicted molar refractivity (Wildman–Crippen MR) is 108 cm³/mol. The Morgan fingerprint density at radius 1 is 1.11 bits per heavy atom. The maximum Gasteiger partial charge on any atom is 0.259 e. The summed E-state index contributed by atoms with van der Waals surface area (Å²) in [7, 11) is 3.24. The highest BCUT2D eigenvalue weighted by atomic mass is 35.5. The monoisotopic (exact) mass is 425 g/mol. The standard InChI is InChI=1S/C18H17Cl2N3O3S/c1-25-12-5-10(6-13(8-12)26-2)3-4-11-7-16(23-22-11)21-18(24)14-9-15(19)27-17(14)20/h5-9H,3-4H2,1-2H3,(H2,21,22,23,24). The quantitative estimate of drug-likeness (QED) is 0.567. The molecule has 0 aliphatic rings. The summed E-state index contributed by atoms with van der Waals surface area (Å²) in [5.41, 5.74) is 2.30. The van der Waals surface area contributed by atoms with Gasteiger partial charge in [0.1, 0.15) is 15.8 Å². The molecule has 0 radical (unpaired) electrons. The first-order valence-electron chi connectivity index (χ1n) is 8.01. The second kappa shape index (κ2) is 8.65. The van der Waals surface area contributed by atoms with Gasteiger partial charge in [0, 0.05) is 17.8 Å². The number of nitrogens with zero attached hydrogens (tertiary/aromatic N) is 1. The number of anilines is 1. The Morgan fingerprint density at radius 2 is 1.81 bits per heavy atom. The number of benzene rings is 1. The molecule has 0 aliphatic carbocycles. The van der Waals surface area contributed by atoms with Crippen molar-refractivity contribution in [1.29, 1.82) is 0 Å². The van der Waals surface area contributed by atoms with Crippen LogP contribution in [0, 0.1) is 0 Å². The van der Waals surface area contributed by atoms with E-state index >= 15 is 0 Å². The lowest BCUT2D eigenvalue weighted by atomic mass is 10.1. The van der Waals surface area contributed by atoms with Crippen LogP contribution in [-0.2, 0) is 12.8 Å². The molecule has 0 saturated heterocycles. The summed E-state index contributed by atoms with van der Waals surface area (Å²) in [6, 6.07) is 9.08. The molecule has 2 heterocycles. The average Bonchev–Trinajstić information content (AvgIpc) is 3.25. The first kappa shape index (κ1) is 19.5. The number of halogens is 2. The lowest BCUT2D eigenvalue weighted by molar-refractivity contribution is 0.102. The molecule has 0 saturated carbocycles. The molecule has 2 N–H and O–H groups in total. The van der Waals surface area contributed by atoms with Gasteiger partial charge < -0.3 is 14.8 Å². The maximum absolute atomic E-state index is 12.2. The Labute approximate surface area is 170 Å². The summed E-state index contributed by atoms with van der Waals surface area (Å²) in [6.07, 6.45) is 1.47. The fourth-order valence-corrected chi connectivity index (χ4v) is 3.98. The number of thiophene rings is 1. The van der Waals surface area contributed by atoms with Crippen LogP contribution in [-0.4, -0.2) is 30.3 Å². The van der Waals surface area contributed by atoms with E-state index in [9.17, 15) is 4.79 Å². The summed E-state index contributed by atoms with van der Waals surface area (Å²) < 4.78 is 11.4. The zero-order valence-electron chi connectivity index (χ0n) is 14.6. The van der Waals surface area contributed by atoms with E-state index in [1.165, 1.54) is 6.07 Å². The van der Waals surface area contributed by atoms with Crippen molar-refractivity contribution < 1.29 is 14.3 Å². The van der Waals surface area contributed by atoms with Crippen LogP contribution in [0.4, 0.5) is 5.82 Å². The molecule has 9 heteroatoms. The van der Waals surface area contributed by atoms with E-state index in [0.29, 0.717) is 26.5 Å². The van der Waals surface area contributed by atoms with Crippen molar-refractivity contribution in [3.63, 3.8) is 0 Å². The van der Waals surface area contributed by atoms with Gasteiger partial charge in [0.05, 0.1) is 24.1 Å². The zero-order valence-corrected chi connectivity index (χ0v) is 17.0. The first-order chi connectivity index (χ1) is 13.0. The predicted octanol–water partition coefficient (Wildman–Crippen LogP) is 4.83. The zero-order chi connectivity index (χ0) is 19.4. The molecule has 2 aromatic heterocycles. The number of carbonyl (C=O) groups is 1. The van der Waals surface area contributed by atoms with E-state index in [1.54, 1.807) is 20.3 Å². The van der Waals surface area contributed by atoms with Gasteiger partial charge in [0.2, 0.25) is 0 Å². The van der Waals surface area contributed by atoms with Crippen molar-refractivity contribution in [2.45, 2.75) is 12.8 Å². The van der Waals surface area contributed by atoms with Crippen molar-refractivity contribution in [3.05, 3.63) is 55.8 Å². The molecule has 27 heavy (non-hydrogen) atoms. The van der Waals surface area contributed by atoms with Gasteiger partial charge in [-0.25, -0.2) is 0 Å². The van der Waals surface area contributed by atoms with Crippen LogP contribution in [0.25, 0.3) is 0 Å². The Hall–Kier alpha value is -2.22. The highest BCUT2D eigenvalue weighted by Crippen LogP contribution is 2.31. The van der Waals surface area contributed by atoms with Crippen LogP contribution in [0.1, 0.15) is 21.6 Å². The van der Waals surface area contributed by atoms with Gasteiger partial charge in [0.25, 0.3) is 5.91 Å². The van der Waals surface area contributed by atoms with Gasteiger partial charge in [-0.05, 0) is 36.6 Å². The molecule has 3 rings (SSSR count). The number of methoxy groups -OCH3 is 2. The number of ether oxygens (including phenoxy) is 2. The number of amides is 1. The van der Waals surface area contributed by atoms with Crippen molar-refractivity contribution in [3.8, 4) is 11.5 Å². The third-order valence-corrected chi connectivity index (χ3v) is 5.36. The van der Waals surface area contributed by atoms with Gasteiger partial charge in [-0.1, -0.05) is 23.2 Å². The molecule has 0 aliphatic heterocycles. The largest absolute Gasteiger partial charge is 0.497 e. The highest BCUT2D eigenvalue weighted by Gasteiger charge is 2.15. The number of hydrogen-bond donors (Lipinski definition) is 2. The van der Waals surface area contributed by atoms with Crippen molar-refractivity contribution >= 4 is 46.3 Å². The molecule has 3 aromatic rings. The lowest BCUT2D eigenvalue weighted by Gasteiger charge is -2.08. The van der Waals surface area contributed by atoms with Crippen molar-refractivity contribution in [1.82, 2.24) is 10.2 Å². The molecule has 0 fully saturated rings. The topological polar surface area (TPSA) is 76.2 Å². The van der Waals surface area contributed by atoms with Crippen LogP contribution in [0.2, 0.25) is 8.67 Å². The van der Waals surface area contributed by atoms with E-state index in [2.05, 4.69) is 15.5 Å². The average molecular weight is 426 g/mol. The molecule has 0 atom stereocenters. The van der Waals surface area contributed by atoms with E-state index in [0.717, 1.165) is 40.5 Å². The van der Waals surface area contributed by atoms with Gasteiger partial charge in [0.15, 0.2) is 5.82 Å². The van der Waals surface area contributed by atoms with Gasteiger partial charge >= 0.3 is 0 Å². The molecule has 0 unspecified atom stereocenters. The minimum Gasteiger partial charge on any atom is -0.497 e. The second-order valence-electron chi connectivity index (χ2n) is 5.69. The SMILES string of the molecule is COc1cc(CCc2cc(NC(=O)c3cc(Cl)sc3Cl)n[nH]2)cc(OC)c1. The minimum absolute atomic E-state index is 0.333. The van der Waals surface area contributed by atoms with Crippen LogP contribution in [0.15, 0.2) is 30.3 Å². The van der Waals surface area contributed by atoms with Crippen LogP contribution >= 0.6 is 34.5 Å². The summed E-state index contributed by atoms with van der Waals surface area (Å²) >= 11 is 13.0. The Morgan fingerprint density at radius 3 is 2.41 bits per heavy atom. The molecule has 6 nitrogen and oxygen atoms in total. The highest BCUT2D eigenvalue weighted by molar-refractivity contribution is 7.20. The fourth-order valence-electron chi connectivity index (χ4n) is 2.52. The van der Waals surface area contributed by atoms with E-state index in [1.807, 2.05) is 18.2 Å². The fraction of sp³-hybridized carbons (Fsp3) is 0.222. The van der Waals surface area contributed by atoms with Crippen LogP contribution < -0.4 is 14.8 Å². The molecule has 1 amide bonds. The summed E-state index contributed by atoms with van der Waals surface area (Å²) in [6.45, 7) is 0. The van der Waals surface area contributed by atoms with E-state index in [4.69, 9.17) is 32.7 Å². The molecule has 0 spiro atoms. The van der Waals surface area contributed by atoms with Crippen LogP contribution in [0.3, 0.4) is 0 Å². The number of aryl methyl sites for hydroxylation is 2. The van der Waals surface area contributed by atoms with E-state index < -0.39 is 0 Å². The molecular weight excluding hydrogens is 409 g/mol.